The van der Waals surface area contributed by atoms with E-state index in [1.165, 1.54) is 31.3 Å². The Balaban J connectivity index is 1.91. The maximum Gasteiger partial charge on any atom is 0.295 e. The summed E-state index contributed by atoms with van der Waals surface area (Å²) < 4.78 is 37.4. The summed E-state index contributed by atoms with van der Waals surface area (Å²) in [6, 6.07) is 20.0. The second kappa shape index (κ2) is 8.39. The zero-order valence-electron chi connectivity index (χ0n) is 17.4. The van der Waals surface area contributed by atoms with Crippen LogP contribution >= 0.6 is 0 Å². The van der Waals surface area contributed by atoms with Crippen molar-refractivity contribution in [1.29, 1.82) is 0 Å². The molecule has 0 fully saturated rings. The first-order chi connectivity index (χ1) is 15.4. The van der Waals surface area contributed by atoms with Crippen molar-refractivity contribution in [2.45, 2.75) is 10.9 Å². The first-order valence-electron chi connectivity index (χ1n) is 9.73. The van der Waals surface area contributed by atoms with Crippen LogP contribution in [0.2, 0.25) is 0 Å². The highest BCUT2D eigenvalue weighted by molar-refractivity contribution is 7.95. The van der Waals surface area contributed by atoms with Gasteiger partial charge in [-0.05, 0) is 54.1 Å². The summed E-state index contributed by atoms with van der Waals surface area (Å²) in [7, 11) is -1.13. The molecule has 0 saturated carbocycles. The Bertz CT molecular complexity index is 1270. The number of aliphatic hydroxyl groups excluding tert-OH is 1. The van der Waals surface area contributed by atoms with Crippen LogP contribution in [-0.2, 0) is 14.6 Å². The summed E-state index contributed by atoms with van der Waals surface area (Å²) in [5.41, 5.74) is 0.926. The van der Waals surface area contributed by atoms with E-state index in [2.05, 4.69) is 0 Å². The topological polar surface area (TPSA) is 93.1 Å². The smallest absolute Gasteiger partial charge is 0.295 e. The van der Waals surface area contributed by atoms with E-state index in [9.17, 15) is 18.3 Å². The molecule has 1 aliphatic heterocycles. The third-order valence-electron chi connectivity index (χ3n) is 5.29. The summed E-state index contributed by atoms with van der Waals surface area (Å²) in [4.78, 5) is 14.0. The van der Waals surface area contributed by atoms with Gasteiger partial charge < -0.3 is 14.6 Å². The lowest BCUT2D eigenvalue weighted by Crippen LogP contribution is -2.31. The van der Waals surface area contributed by atoms with Crippen LogP contribution in [0.4, 0.5) is 5.69 Å². The van der Waals surface area contributed by atoms with Crippen molar-refractivity contribution in [1.82, 2.24) is 0 Å². The molecule has 0 spiro atoms. The van der Waals surface area contributed by atoms with Gasteiger partial charge in [0.1, 0.15) is 22.4 Å². The number of ether oxygens (including phenoxy) is 2. The quantitative estimate of drug-likeness (QED) is 0.608. The van der Waals surface area contributed by atoms with Gasteiger partial charge in [-0.1, -0.05) is 30.3 Å². The lowest BCUT2D eigenvalue weighted by Gasteiger charge is -2.27. The maximum absolute atomic E-state index is 13.5. The van der Waals surface area contributed by atoms with Gasteiger partial charge in [-0.3, -0.25) is 9.69 Å². The summed E-state index contributed by atoms with van der Waals surface area (Å²) in [6.45, 7) is 0. The van der Waals surface area contributed by atoms with Crippen LogP contribution in [0.15, 0.2) is 94.4 Å². The van der Waals surface area contributed by atoms with Gasteiger partial charge in [0.25, 0.3) is 5.91 Å². The average Bonchev–Trinajstić information content (AvgIpc) is 3.10. The van der Waals surface area contributed by atoms with Crippen molar-refractivity contribution in [2.75, 3.05) is 19.1 Å². The number of carbonyl (C=O) groups excluding carboxylic acids is 1. The highest BCUT2D eigenvalue weighted by atomic mass is 32.2. The van der Waals surface area contributed by atoms with Gasteiger partial charge in [0.2, 0.25) is 9.84 Å². The van der Waals surface area contributed by atoms with Crippen molar-refractivity contribution >= 4 is 21.4 Å². The molecule has 4 rings (SSSR count). The van der Waals surface area contributed by atoms with Crippen LogP contribution in [0.25, 0.3) is 0 Å². The zero-order chi connectivity index (χ0) is 22.9. The third kappa shape index (κ3) is 3.58. The molecule has 0 bridgehead atoms. The average molecular weight is 452 g/mol. The summed E-state index contributed by atoms with van der Waals surface area (Å²) >= 11 is 0. The summed E-state index contributed by atoms with van der Waals surface area (Å²) in [6.07, 6.45) is 0. The van der Waals surface area contributed by atoms with Crippen LogP contribution in [0, 0.1) is 0 Å². The Morgan fingerprint density at radius 2 is 1.34 bits per heavy atom. The lowest BCUT2D eigenvalue weighted by atomic mass is 10.1. The number of hydrogen-bond donors (Lipinski definition) is 1. The van der Waals surface area contributed by atoms with E-state index in [0.717, 1.165) is 0 Å². The van der Waals surface area contributed by atoms with Gasteiger partial charge in [0.15, 0.2) is 5.76 Å². The second-order valence-corrected chi connectivity index (χ2v) is 9.00. The molecule has 0 saturated heterocycles. The SMILES string of the molecule is COc1ccc(C2C(S(=O)(=O)c3ccccc3)=C(O)C(=O)N2c2ccc(OC)cc2)cc1. The van der Waals surface area contributed by atoms with Gasteiger partial charge in [0.05, 0.1) is 19.1 Å². The Labute approximate surface area is 186 Å². The number of benzene rings is 3. The Morgan fingerprint density at radius 1 is 0.812 bits per heavy atom. The van der Waals surface area contributed by atoms with E-state index >= 15 is 0 Å². The van der Waals surface area contributed by atoms with E-state index in [4.69, 9.17) is 9.47 Å². The molecular formula is C24H21NO6S. The molecule has 3 aromatic rings. The van der Waals surface area contributed by atoms with E-state index in [1.54, 1.807) is 66.7 Å². The molecule has 7 nitrogen and oxygen atoms in total. The number of anilines is 1. The fourth-order valence-corrected chi connectivity index (χ4v) is 5.33. The number of aliphatic hydroxyl groups is 1. The summed E-state index contributed by atoms with van der Waals surface area (Å²) in [5.74, 6) is -0.443. The predicted molar refractivity (Wildman–Crippen MR) is 119 cm³/mol. The second-order valence-electron chi connectivity index (χ2n) is 7.08. The monoisotopic (exact) mass is 451 g/mol. The van der Waals surface area contributed by atoms with Crippen LogP contribution < -0.4 is 14.4 Å². The molecule has 32 heavy (non-hydrogen) atoms. The van der Waals surface area contributed by atoms with Crippen molar-refractivity contribution in [2.24, 2.45) is 0 Å². The van der Waals surface area contributed by atoms with E-state index < -0.39 is 27.5 Å². The predicted octanol–water partition coefficient (Wildman–Crippen LogP) is 4.04. The molecule has 164 valence electrons. The van der Waals surface area contributed by atoms with Crippen molar-refractivity contribution in [3.8, 4) is 11.5 Å². The number of rotatable bonds is 6. The summed E-state index contributed by atoms with van der Waals surface area (Å²) in [5, 5.41) is 10.8. The first kappa shape index (κ1) is 21.5. The van der Waals surface area contributed by atoms with Gasteiger partial charge in [-0.15, -0.1) is 0 Å². The van der Waals surface area contributed by atoms with Gasteiger partial charge >= 0.3 is 0 Å². The number of carbonyl (C=O) groups is 1. The van der Waals surface area contributed by atoms with E-state index in [1.807, 2.05) is 0 Å². The van der Waals surface area contributed by atoms with E-state index in [-0.39, 0.29) is 9.80 Å². The highest BCUT2D eigenvalue weighted by Gasteiger charge is 2.47. The number of sulfone groups is 1. The minimum Gasteiger partial charge on any atom is -0.502 e. The normalized spacial score (nSPS) is 16.4. The number of methoxy groups -OCH3 is 2. The van der Waals surface area contributed by atoms with Crippen LogP contribution in [0.5, 0.6) is 11.5 Å². The molecule has 1 heterocycles. The molecule has 1 N–H and O–H groups in total. The minimum atomic E-state index is -4.18. The standard InChI is InChI=1S/C24H21NO6S/c1-30-18-12-8-16(9-13-18)21-23(32(28,29)20-6-4-3-5-7-20)22(26)24(27)25(21)17-10-14-19(31-2)15-11-17/h3-15,21,26H,1-2H3. The van der Waals surface area contributed by atoms with Gasteiger partial charge in [-0.25, -0.2) is 8.42 Å². The van der Waals surface area contributed by atoms with Crippen molar-refractivity contribution < 1.29 is 27.8 Å². The van der Waals surface area contributed by atoms with Crippen molar-refractivity contribution in [3.05, 3.63) is 95.1 Å². The van der Waals surface area contributed by atoms with Gasteiger partial charge in [0, 0.05) is 5.69 Å². The maximum atomic E-state index is 13.5. The molecular weight excluding hydrogens is 430 g/mol. The number of amides is 1. The molecule has 1 atom stereocenters. The molecule has 1 amide bonds. The number of hydrogen-bond acceptors (Lipinski definition) is 6. The Kier molecular flexibility index (Phi) is 5.63. The minimum absolute atomic E-state index is 0.00978. The van der Waals surface area contributed by atoms with Gasteiger partial charge in [-0.2, -0.15) is 0 Å². The van der Waals surface area contributed by atoms with Crippen LogP contribution in [-0.4, -0.2) is 33.7 Å². The molecule has 0 aliphatic carbocycles. The number of nitrogens with zero attached hydrogens (tertiary/aromatic N) is 1. The molecule has 3 aromatic carbocycles. The van der Waals surface area contributed by atoms with Crippen LogP contribution in [0.3, 0.4) is 0 Å². The van der Waals surface area contributed by atoms with Crippen LogP contribution in [0.1, 0.15) is 11.6 Å². The largest absolute Gasteiger partial charge is 0.502 e. The lowest BCUT2D eigenvalue weighted by molar-refractivity contribution is -0.117. The molecule has 0 radical (unpaired) electrons. The first-order valence-corrected chi connectivity index (χ1v) is 11.2. The molecule has 8 heteroatoms. The van der Waals surface area contributed by atoms with E-state index in [0.29, 0.717) is 22.7 Å². The Hall–Kier alpha value is -3.78. The molecule has 1 unspecified atom stereocenters. The Morgan fingerprint density at radius 3 is 1.88 bits per heavy atom. The molecule has 1 aliphatic rings. The molecule has 0 aromatic heterocycles. The fraction of sp³-hybridized carbons (Fsp3) is 0.125. The third-order valence-corrected chi connectivity index (χ3v) is 7.17. The van der Waals surface area contributed by atoms with Crippen molar-refractivity contribution in [3.63, 3.8) is 0 Å². The fourth-order valence-electron chi connectivity index (χ4n) is 3.68. The highest BCUT2D eigenvalue weighted by Crippen LogP contribution is 2.45. The zero-order valence-corrected chi connectivity index (χ0v) is 18.2.